The Morgan fingerprint density at radius 3 is 2.94 bits per heavy atom. The van der Waals surface area contributed by atoms with Crippen molar-refractivity contribution in [1.82, 2.24) is 0 Å². The highest BCUT2D eigenvalue weighted by molar-refractivity contribution is 5.66. The number of hydrogen-bond acceptors (Lipinski definition) is 3. The van der Waals surface area contributed by atoms with Crippen molar-refractivity contribution in [2.24, 2.45) is 5.73 Å². The zero-order valence-electron chi connectivity index (χ0n) is 9.58. The maximum atomic E-state index is 14.1. The van der Waals surface area contributed by atoms with Crippen LogP contribution in [0.3, 0.4) is 0 Å². The lowest BCUT2D eigenvalue weighted by Crippen LogP contribution is -2.16. The van der Waals surface area contributed by atoms with Crippen molar-refractivity contribution in [2.45, 2.75) is 25.3 Å². The number of carbonyl (C=O) groups is 1. The predicted molar refractivity (Wildman–Crippen MR) is 59.4 cm³/mol. The molecule has 1 unspecified atom stereocenters. The molecular weight excluding hydrogens is 244 g/mol. The standard InChI is InChI=1S/C12H13F2NO3/c13-7-5-9-6(3-4-18-9)12(14)11(7)8(15)1-2-10(16)17/h5,8H,1-4,15H2,(H,16,17). The first-order valence-corrected chi connectivity index (χ1v) is 5.61. The second-order valence-corrected chi connectivity index (χ2v) is 4.20. The van der Waals surface area contributed by atoms with Crippen molar-refractivity contribution in [2.75, 3.05) is 6.61 Å². The molecule has 0 radical (unpaired) electrons. The first-order valence-electron chi connectivity index (χ1n) is 5.61. The van der Waals surface area contributed by atoms with Gasteiger partial charge in [-0.2, -0.15) is 0 Å². The number of fused-ring (bicyclic) bond motifs is 1. The third-order valence-corrected chi connectivity index (χ3v) is 2.96. The fraction of sp³-hybridized carbons (Fsp3) is 0.417. The Kier molecular flexibility index (Phi) is 3.47. The van der Waals surface area contributed by atoms with E-state index in [-0.39, 0.29) is 24.2 Å². The smallest absolute Gasteiger partial charge is 0.303 e. The minimum atomic E-state index is -1.05. The molecule has 1 aliphatic rings. The first-order chi connectivity index (χ1) is 8.50. The van der Waals surface area contributed by atoms with Gasteiger partial charge in [-0.3, -0.25) is 4.79 Å². The summed E-state index contributed by atoms with van der Waals surface area (Å²) in [6.07, 6.45) is 0.135. The van der Waals surface area contributed by atoms with Gasteiger partial charge in [0.05, 0.1) is 6.61 Å². The number of carboxylic acid groups (broad SMARTS) is 1. The monoisotopic (exact) mass is 257 g/mol. The molecule has 0 fully saturated rings. The summed E-state index contributed by atoms with van der Waals surface area (Å²) in [5, 5.41) is 8.54. The summed E-state index contributed by atoms with van der Waals surface area (Å²) in [5.74, 6) is -2.33. The molecule has 0 amide bonds. The van der Waals surface area contributed by atoms with Gasteiger partial charge in [0.1, 0.15) is 17.4 Å². The lowest BCUT2D eigenvalue weighted by molar-refractivity contribution is -0.137. The highest BCUT2D eigenvalue weighted by Crippen LogP contribution is 2.34. The van der Waals surface area contributed by atoms with Gasteiger partial charge in [-0.1, -0.05) is 0 Å². The van der Waals surface area contributed by atoms with Gasteiger partial charge in [-0.15, -0.1) is 0 Å². The third kappa shape index (κ3) is 2.28. The van der Waals surface area contributed by atoms with E-state index in [0.29, 0.717) is 18.6 Å². The minimum absolute atomic E-state index is 0.0111. The highest BCUT2D eigenvalue weighted by atomic mass is 19.1. The molecule has 3 N–H and O–H groups in total. The Balaban J connectivity index is 2.30. The second-order valence-electron chi connectivity index (χ2n) is 4.20. The van der Waals surface area contributed by atoms with Crippen molar-refractivity contribution in [3.8, 4) is 5.75 Å². The largest absolute Gasteiger partial charge is 0.493 e. The third-order valence-electron chi connectivity index (χ3n) is 2.96. The highest BCUT2D eigenvalue weighted by Gasteiger charge is 2.26. The van der Waals surface area contributed by atoms with Crippen molar-refractivity contribution in [3.05, 3.63) is 28.8 Å². The summed E-state index contributed by atoms with van der Waals surface area (Å²) in [7, 11) is 0. The SMILES string of the molecule is NC(CCC(=O)O)c1c(F)cc2c(c1F)CCO2. The summed E-state index contributed by atoms with van der Waals surface area (Å²) in [4.78, 5) is 10.4. The zero-order chi connectivity index (χ0) is 13.3. The molecule has 6 heteroatoms. The van der Waals surface area contributed by atoms with E-state index in [2.05, 4.69) is 0 Å². The molecule has 1 atom stereocenters. The summed E-state index contributed by atoms with van der Waals surface area (Å²) in [5.41, 5.74) is 5.72. The molecule has 4 nitrogen and oxygen atoms in total. The predicted octanol–water partition coefficient (Wildman–Crippen LogP) is 1.76. The van der Waals surface area contributed by atoms with Crippen LogP contribution in [0.15, 0.2) is 6.07 Å². The summed E-state index contributed by atoms with van der Waals surface area (Å²) in [6, 6.07) is 0.147. The molecule has 1 aromatic rings. The molecule has 1 aliphatic heterocycles. The van der Waals surface area contributed by atoms with Crippen LogP contribution < -0.4 is 10.5 Å². The molecule has 0 aliphatic carbocycles. The lowest BCUT2D eigenvalue weighted by Gasteiger charge is -2.14. The normalized spacial score (nSPS) is 15.1. The van der Waals surface area contributed by atoms with Gasteiger partial charge >= 0.3 is 5.97 Å². The van der Waals surface area contributed by atoms with Gasteiger partial charge in [0.25, 0.3) is 0 Å². The molecule has 98 valence electrons. The van der Waals surface area contributed by atoms with Gasteiger partial charge in [0.15, 0.2) is 0 Å². The molecule has 1 heterocycles. The molecule has 0 spiro atoms. The quantitative estimate of drug-likeness (QED) is 0.862. The van der Waals surface area contributed by atoms with Gasteiger partial charge in [0.2, 0.25) is 0 Å². The molecule has 2 rings (SSSR count). The summed E-state index contributed by atoms with van der Waals surface area (Å²) >= 11 is 0. The van der Waals surface area contributed by atoms with E-state index in [9.17, 15) is 13.6 Å². The average Bonchev–Trinajstić information content (AvgIpc) is 2.74. The number of aliphatic carboxylic acids is 1. The first kappa shape index (κ1) is 12.8. The molecular formula is C12H13F2NO3. The van der Waals surface area contributed by atoms with Crippen LogP contribution in [0.1, 0.15) is 30.0 Å². The van der Waals surface area contributed by atoms with Crippen molar-refractivity contribution in [1.29, 1.82) is 0 Å². The van der Waals surface area contributed by atoms with Crippen molar-refractivity contribution >= 4 is 5.97 Å². The fourth-order valence-electron chi connectivity index (χ4n) is 2.04. The number of hydrogen-bond donors (Lipinski definition) is 2. The van der Waals surface area contributed by atoms with E-state index in [1.807, 2.05) is 0 Å². The average molecular weight is 257 g/mol. The molecule has 0 saturated carbocycles. The van der Waals surface area contributed by atoms with Gasteiger partial charge < -0.3 is 15.6 Å². The van der Waals surface area contributed by atoms with E-state index in [4.69, 9.17) is 15.6 Å². The molecule has 18 heavy (non-hydrogen) atoms. The van der Waals surface area contributed by atoms with E-state index in [1.54, 1.807) is 0 Å². The van der Waals surface area contributed by atoms with Crippen LogP contribution in [-0.4, -0.2) is 17.7 Å². The Bertz CT molecular complexity index is 491. The Morgan fingerprint density at radius 2 is 2.28 bits per heavy atom. The van der Waals surface area contributed by atoms with Gasteiger partial charge in [0, 0.05) is 36.1 Å². The summed E-state index contributed by atoms with van der Waals surface area (Å²) in [6.45, 7) is 0.319. The number of nitrogens with two attached hydrogens (primary N) is 1. The van der Waals surface area contributed by atoms with E-state index >= 15 is 0 Å². The van der Waals surface area contributed by atoms with Crippen LogP contribution in [0.25, 0.3) is 0 Å². The van der Waals surface area contributed by atoms with Crippen LogP contribution in [0, 0.1) is 11.6 Å². The van der Waals surface area contributed by atoms with Crippen molar-refractivity contribution < 1.29 is 23.4 Å². The van der Waals surface area contributed by atoms with Crippen molar-refractivity contribution in [3.63, 3.8) is 0 Å². The maximum Gasteiger partial charge on any atom is 0.303 e. The second kappa shape index (κ2) is 4.89. The van der Waals surface area contributed by atoms with Crippen LogP contribution in [0.5, 0.6) is 5.75 Å². The van der Waals surface area contributed by atoms with Crippen LogP contribution in [0.2, 0.25) is 0 Å². The minimum Gasteiger partial charge on any atom is -0.493 e. The number of ether oxygens (including phenoxy) is 1. The van der Waals surface area contributed by atoms with Gasteiger partial charge in [-0.05, 0) is 6.42 Å². The van der Waals surface area contributed by atoms with Crippen LogP contribution >= 0.6 is 0 Å². The fourth-order valence-corrected chi connectivity index (χ4v) is 2.04. The van der Waals surface area contributed by atoms with E-state index < -0.39 is 23.6 Å². The van der Waals surface area contributed by atoms with Crippen LogP contribution in [-0.2, 0) is 11.2 Å². The van der Waals surface area contributed by atoms with Gasteiger partial charge in [-0.25, -0.2) is 8.78 Å². The Labute approximate surface area is 102 Å². The number of rotatable bonds is 4. The maximum absolute atomic E-state index is 14.1. The molecule has 0 aromatic heterocycles. The number of halogens is 2. The van der Waals surface area contributed by atoms with E-state index in [1.165, 1.54) is 0 Å². The lowest BCUT2D eigenvalue weighted by atomic mass is 9.98. The van der Waals surface area contributed by atoms with Crippen LogP contribution in [0.4, 0.5) is 8.78 Å². The molecule has 1 aromatic carbocycles. The Morgan fingerprint density at radius 1 is 1.56 bits per heavy atom. The topological polar surface area (TPSA) is 72.6 Å². The van der Waals surface area contributed by atoms with E-state index in [0.717, 1.165) is 6.07 Å². The Hall–Kier alpha value is -1.69. The summed E-state index contributed by atoms with van der Waals surface area (Å²) < 4.78 is 32.9. The molecule has 0 bridgehead atoms. The number of carboxylic acids is 1. The zero-order valence-corrected chi connectivity index (χ0v) is 9.58. The number of benzene rings is 1. The molecule has 0 saturated heterocycles.